The van der Waals surface area contributed by atoms with Crippen molar-refractivity contribution in [1.29, 1.82) is 0 Å². The van der Waals surface area contributed by atoms with Crippen molar-refractivity contribution in [3.63, 3.8) is 0 Å². The van der Waals surface area contributed by atoms with Gasteiger partial charge in [0.2, 0.25) is 0 Å². The van der Waals surface area contributed by atoms with Crippen molar-refractivity contribution >= 4 is 11.4 Å². The third-order valence-electron chi connectivity index (χ3n) is 3.80. The molecule has 0 unspecified atom stereocenters. The van der Waals surface area contributed by atoms with E-state index in [0.29, 0.717) is 0 Å². The van der Waals surface area contributed by atoms with Crippen LogP contribution in [-0.4, -0.2) is 19.7 Å². The molecule has 0 heterocycles. The number of hydrogen-bond acceptors (Lipinski definition) is 8. The Morgan fingerprint density at radius 2 is 1.23 bits per heavy atom. The van der Waals surface area contributed by atoms with Gasteiger partial charge in [-0.05, 0) is 25.1 Å². The molecule has 0 spiro atoms. The Bertz CT molecular complexity index is 914. The van der Waals surface area contributed by atoms with Gasteiger partial charge in [-0.1, -0.05) is 24.3 Å². The molecule has 0 aliphatic heterocycles. The van der Waals surface area contributed by atoms with Crippen molar-refractivity contribution in [1.82, 2.24) is 0 Å². The maximum atomic E-state index is 11.8. The number of hydrogen-bond donors (Lipinski definition) is 0. The number of nitro benzene ring substituents is 2. The van der Waals surface area contributed by atoms with Crippen LogP contribution in [0.15, 0.2) is 42.5 Å². The maximum Gasteiger partial charge on any atom is 0.517 e. The van der Waals surface area contributed by atoms with Gasteiger partial charge in [0.25, 0.3) is 0 Å². The predicted octanol–water partition coefficient (Wildman–Crippen LogP) is 2.57. The van der Waals surface area contributed by atoms with Crippen LogP contribution < -0.4 is 0 Å². The maximum absolute atomic E-state index is 11.8. The molecule has 0 saturated heterocycles. The Morgan fingerprint density at radius 3 is 1.65 bits per heavy atom. The molecule has 0 saturated carbocycles. The quantitative estimate of drug-likeness (QED) is 0.428. The van der Waals surface area contributed by atoms with Crippen molar-refractivity contribution in [2.75, 3.05) is 0 Å². The number of benzene rings is 2. The van der Waals surface area contributed by atoms with E-state index in [1.54, 1.807) is 0 Å². The minimum atomic E-state index is -3.28. The molecule has 0 N–H and O–H groups in total. The second kappa shape index (κ2) is 6.51. The Labute approximate surface area is 144 Å². The Morgan fingerprint density at radius 1 is 0.731 bits per heavy atom. The minimum Gasteiger partial charge on any atom is -0.258 e. The summed E-state index contributed by atoms with van der Waals surface area (Å²) < 4.78 is 0. The first-order valence-electron chi connectivity index (χ1n) is 6.93. The number of rotatable bonds is 6. The van der Waals surface area contributed by atoms with Crippen molar-refractivity contribution < 1.29 is 19.7 Å². The van der Waals surface area contributed by atoms with Gasteiger partial charge < -0.3 is 0 Å². The van der Waals surface area contributed by atoms with Crippen LogP contribution in [0.1, 0.15) is 16.7 Å². The summed E-state index contributed by atoms with van der Waals surface area (Å²) in [5.41, 5.74) is -7.22. The lowest BCUT2D eigenvalue weighted by Gasteiger charge is -2.17. The van der Waals surface area contributed by atoms with E-state index >= 15 is 0 Å². The van der Waals surface area contributed by atoms with Crippen molar-refractivity contribution in [3.8, 4) is 0 Å². The molecular formula is C14H10N4O8. The lowest BCUT2D eigenvalue weighted by Crippen LogP contribution is -2.45. The fourth-order valence-corrected chi connectivity index (χ4v) is 2.68. The van der Waals surface area contributed by atoms with E-state index < -0.39 is 47.9 Å². The van der Waals surface area contributed by atoms with Gasteiger partial charge in [0.15, 0.2) is 5.56 Å². The van der Waals surface area contributed by atoms with E-state index in [1.165, 1.54) is 25.1 Å². The largest absolute Gasteiger partial charge is 0.517 e. The molecule has 0 bridgehead atoms. The highest BCUT2D eigenvalue weighted by molar-refractivity contribution is 5.64. The van der Waals surface area contributed by atoms with E-state index in [-0.39, 0.29) is 5.56 Å². The van der Waals surface area contributed by atoms with Crippen LogP contribution in [0.2, 0.25) is 0 Å². The van der Waals surface area contributed by atoms with E-state index in [2.05, 4.69) is 0 Å². The highest BCUT2D eigenvalue weighted by Crippen LogP contribution is 2.44. The number of nitrogens with zero attached hydrogens (tertiary/aromatic N) is 4. The van der Waals surface area contributed by atoms with Gasteiger partial charge in [-0.3, -0.25) is 40.5 Å². The molecule has 2 rings (SSSR count). The van der Waals surface area contributed by atoms with Crippen LogP contribution in [0.25, 0.3) is 0 Å². The van der Waals surface area contributed by atoms with Crippen LogP contribution in [0.5, 0.6) is 0 Å². The molecule has 0 aromatic heterocycles. The zero-order chi connectivity index (χ0) is 19.6. The van der Waals surface area contributed by atoms with E-state index in [0.717, 1.165) is 24.3 Å². The zero-order valence-corrected chi connectivity index (χ0v) is 13.1. The van der Waals surface area contributed by atoms with Crippen LogP contribution in [-0.2, 0) is 5.66 Å². The zero-order valence-electron chi connectivity index (χ0n) is 13.1. The molecule has 0 aliphatic rings. The van der Waals surface area contributed by atoms with Crippen LogP contribution in [0, 0.1) is 47.4 Å². The van der Waals surface area contributed by atoms with Gasteiger partial charge in [0.05, 0.1) is 9.85 Å². The monoisotopic (exact) mass is 362 g/mol. The molecule has 12 nitrogen and oxygen atoms in total. The van der Waals surface area contributed by atoms with Crippen molar-refractivity contribution in [2.45, 2.75) is 12.6 Å². The van der Waals surface area contributed by atoms with Crippen LogP contribution in [0.3, 0.4) is 0 Å². The summed E-state index contributed by atoms with van der Waals surface area (Å²) >= 11 is 0. The molecule has 2 aromatic carbocycles. The Kier molecular flexibility index (Phi) is 4.60. The third kappa shape index (κ3) is 2.58. The van der Waals surface area contributed by atoms with Crippen molar-refractivity contribution in [2.24, 2.45) is 0 Å². The molecule has 0 radical (unpaired) electrons. The Hall–Kier alpha value is -3.96. The summed E-state index contributed by atoms with van der Waals surface area (Å²) in [6, 6.07) is 7.93. The van der Waals surface area contributed by atoms with Gasteiger partial charge in [-0.25, -0.2) is 0 Å². The van der Waals surface area contributed by atoms with Crippen molar-refractivity contribution in [3.05, 3.63) is 99.6 Å². The molecule has 0 aliphatic carbocycles. The van der Waals surface area contributed by atoms with Crippen LogP contribution in [0.4, 0.5) is 11.4 Å². The average molecular weight is 362 g/mol. The van der Waals surface area contributed by atoms with Gasteiger partial charge in [-0.15, -0.1) is 0 Å². The number of nitro groups is 4. The second-order valence-electron chi connectivity index (χ2n) is 5.19. The van der Waals surface area contributed by atoms with E-state index in [9.17, 15) is 40.5 Å². The fraction of sp³-hybridized carbons (Fsp3) is 0.143. The average Bonchev–Trinajstić information content (AvgIpc) is 2.56. The number of aryl methyl sites for hydroxylation is 1. The first-order valence-corrected chi connectivity index (χ1v) is 6.93. The second-order valence-corrected chi connectivity index (χ2v) is 5.19. The lowest BCUT2D eigenvalue weighted by molar-refractivity contribution is -0.796. The van der Waals surface area contributed by atoms with Crippen LogP contribution >= 0.6 is 0 Å². The molecule has 134 valence electrons. The molecule has 0 fully saturated rings. The summed E-state index contributed by atoms with van der Waals surface area (Å²) in [4.78, 5) is 41.4. The van der Waals surface area contributed by atoms with E-state index in [1.807, 2.05) is 0 Å². The highest BCUT2D eigenvalue weighted by atomic mass is 16.7. The van der Waals surface area contributed by atoms with Gasteiger partial charge in [0.1, 0.15) is 15.4 Å². The fourth-order valence-electron chi connectivity index (χ4n) is 2.68. The SMILES string of the molecule is Cc1ccc(C(c2ccccc2)([N+](=O)[O-])[N+](=O)[O-])c([N+](=O)[O-])c1[N+](=O)[O-]. The molecule has 0 amide bonds. The molecule has 0 atom stereocenters. The summed E-state index contributed by atoms with van der Waals surface area (Å²) in [6.07, 6.45) is 0. The summed E-state index contributed by atoms with van der Waals surface area (Å²) in [5.74, 6) is 0. The standard InChI is InChI=1S/C14H10N4O8/c1-9-7-8-11(13(16(21)22)12(9)15(19)20)14(17(23)24,18(25)26)10-5-3-2-4-6-10/h2-8H,1H3. The topological polar surface area (TPSA) is 173 Å². The molecular weight excluding hydrogens is 352 g/mol. The summed E-state index contributed by atoms with van der Waals surface area (Å²) in [5, 5.41) is 46.3. The predicted molar refractivity (Wildman–Crippen MR) is 85.7 cm³/mol. The molecule has 26 heavy (non-hydrogen) atoms. The van der Waals surface area contributed by atoms with Gasteiger partial charge in [0, 0.05) is 5.56 Å². The first-order chi connectivity index (χ1) is 12.2. The normalized spacial score (nSPS) is 11.0. The molecule has 2 aromatic rings. The Balaban J connectivity index is 3.07. The van der Waals surface area contributed by atoms with Gasteiger partial charge in [-0.2, -0.15) is 0 Å². The first kappa shape index (κ1) is 18.4. The lowest BCUT2D eigenvalue weighted by atomic mass is 9.89. The smallest absolute Gasteiger partial charge is 0.258 e. The summed E-state index contributed by atoms with van der Waals surface area (Å²) in [6.45, 7) is 1.19. The summed E-state index contributed by atoms with van der Waals surface area (Å²) in [7, 11) is 0. The minimum absolute atomic E-state index is 0.154. The highest BCUT2D eigenvalue weighted by Gasteiger charge is 2.64. The molecule has 12 heteroatoms. The van der Waals surface area contributed by atoms with E-state index in [4.69, 9.17) is 0 Å². The third-order valence-corrected chi connectivity index (χ3v) is 3.80. The van der Waals surface area contributed by atoms with Gasteiger partial charge >= 0.3 is 17.0 Å².